The monoisotopic (exact) mass is 213 g/mol. The fraction of sp³-hybridized carbons (Fsp3) is 1.00. The molecule has 2 saturated carbocycles. The van der Waals surface area contributed by atoms with Crippen LogP contribution in [-0.2, 0) is 9.47 Å². The summed E-state index contributed by atoms with van der Waals surface area (Å²) in [6.07, 6.45) is 1.94. The van der Waals surface area contributed by atoms with Crippen LogP contribution in [0, 0.1) is 11.8 Å². The van der Waals surface area contributed by atoms with Gasteiger partial charge in [0.2, 0.25) is 0 Å². The van der Waals surface area contributed by atoms with Gasteiger partial charge in [-0.25, -0.2) is 0 Å². The summed E-state index contributed by atoms with van der Waals surface area (Å²) in [5.74, 6) is 0.850. The van der Waals surface area contributed by atoms with Crippen LogP contribution < -0.4 is 5.32 Å². The Hall–Kier alpha value is -0.160. The summed E-state index contributed by atoms with van der Waals surface area (Å²) in [6.45, 7) is 2.83. The third kappa shape index (κ3) is 1.16. The van der Waals surface area contributed by atoms with Gasteiger partial charge in [-0.2, -0.15) is 0 Å². The third-order valence-electron chi connectivity index (χ3n) is 4.49. The zero-order chi connectivity index (χ0) is 10.6. The highest BCUT2D eigenvalue weighted by Crippen LogP contribution is 2.63. The van der Waals surface area contributed by atoms with Crippen LogP contribution in [0.25, 0.3) is 0 Å². The summed E-state index contributed by atoms with van der Waals surface area (Å²) in [4.78, 5) is 0. The smallest absolute Gasteiger partial charge is 0.158 e. The van der Waals surface area contributed by atoms with Crippen LogP contribution in [0.5, 0.6) is 0 Å². The first kappa shape index (κ1) is 10.0. The minimum absolute atomic E-state index is 0.255. The second-order valence-corrected chi connectivity index (χ2v) is 4.99. The minimum Gasteiger partial charge on any atom is -0.378 e. The quantitative estimate of drug-likeness (QED) is 0.514. The lowest BCUT2D eigenvalue weighted by Crippen LogP contribution is -2.50. The molecule has 0 bridgehead atoms. The van der Waals surface area contributed by atoms with E-state index >= 15 is 0 Å². The van der Waals surface area contributed by atoms with E-state index in [1.54, 1.807) is 7.11 Å². The Balaban J connectivity index is 1.67. The SMILES string of the molecule is CCOC1CC23NC2C(C(O)OC)CC13. The average Bonchev–Trinajstić information content (AvgIpc) is 2.90. The van der Waals surface area contributed by atoms with Gasteiger partial charge in [-0.3, -0.25) is 0 Å². The van der Waals surface area contributed by atoms with Crippen LogP contribution in [0.2, 0.25) is 0 Å². The summed E-state index contributed by atoms with van der Waals surface area (Å²) in [7, 11) is 1.57. The summed E-state index contributed by atoms with van der Waals surface area (Å²) in [5.41, 5.74) is 0.310. The highest BCUT2D eigenvalue weighted by molar-refractivity contribution is 5.33. The minimum atomic E-state index is -0.616. The third-order valence-corrected chi connectivity index (χ3v) is 4.49. The van der Waals surface area contributed by atoms with Crippen molar-refractivity contribution in [2.75, 3.05) is 13.7 Å². The molecule has 2 aliphatic carbocycles. The maximum Gasteiger partial charge on any atom is 0.158 e. The predicted octanol–water partition coefficient (Wildman–Crippen LogP) is 0.107. The van der Waals surface area contributed by atoms with E-state index in [1.807, 2.05) is 6.92 Å². The van der Waals surface area contributed by atoms with Crippen LogP contribution in [0.1, 0.15) is 19.8 Å². The molecule has 1 heterocycles. The zero-order valence-corrected chi connectivity index (χ0v) is 9.27. The maximum absolute atomic E-state index is 9.73. The van der Waals surface area contributed by atoms with Gasteiger partial charge >= 0.3 is 0 Å². The Morgan fingerprint density at radius 2 is 2.40 bits per heavy atom. The van der Waals surface area contributed by atoms with Gasteiger partial charge in [0, 0.05) is 37.1 Å². The lowest BCUT2D eigenvalue weighted by atomic mass is 9.71. The van der Waals surface area contributed by atoms with Crippen molar-refractivity contribution in [1.29, 1.82) is 0 Å². The van der Waals surface area contributed by atoms with E-state index in [0.717, 1.165) is 19.4 Å². The molecule has 0 amide bonds. The number of piperidine rings is 1. The molecule has 6 atom stereocenters. The molecule has 4 nitrogen and oxygen atoms in total. The number of aliphatic hydroxyl groups excluding tert-OH is 1. The fourth-order valence-corrected chi connectivity index (χ4v) is 3.69. The van der Waals surface area contributed by atoms with Gasteiger partial charge in [0.05, 0.1) is 6.10 Å². The van der Waals surface area contributed by atoms with Gasteiger partial charge in [-0.05, 0) is 19.8 Å². The van der Waals surface area contributed by atoms with Gasteiger partial charge in [0.15, 0.2) is 6.29 Å². The fourth-order valence-electron chi connectivity index (χ4n) is 3.69. The molecular formula is C11H19NO3. The molecule has 1 spiro atoms. The van der Waals surface area contributed by atoms with Crippen LogP contribution in [0.3, 0.4) is 0 Å². The van der Waals surface area contributed by atoms with Crippen molar-refractivity contribution in [3.05, 3.63) is 0 Å². The van der Waals surface area contributed by atoms with Crippen molar-refractivity contribution in [3.8, 4) is 0 Å². The van der Waals surface area contributed by atoms with Crippen molar-refractivity contribution < 1.29 is 14.6 Å². The first-order chi connectivity index (χ1) is 7.23. The first-order valence-electron chi connectivity index (χ1n) is 5.83. The molecule has 0 aromatic carbocycles. The lowest BCUT2D eigenvalue weighted by molar-refractivity contribution is -0.118. The van der Waals surface area contributed by atoms with Gasteiger partial charge < -0.3 is 19.9 Å². The average molecular weight is 213 g/mol. The zero-order valence-electron chi connectivity index (χ0n) is 9.27. The van der Waals surface area contributed by atoms with E-state index in [9.17, 15) is 5.11 Å². The molecule has 3 fully saturated rings. The molecule has 0 radical (unpaired) electrons. The van der Waals surface area contributed by atoms with E-state index < -0.39 is 6.29 Å². The summed E-state index contributed by atoms with van der Waals surface area (Å²) >= 11 is 0. The topological polar surface area (TPSA) is 60.6 Å². The molecule has 3 rings (SSSR count). The number of ether oxygens (including phenoxy) is 2. The Bertz CT molecular complexity index is 273. The van der Waals surface area contributed by atoms with Crippen LogP contribution in [-0.4, -0.2) is 42.8 Å². The number of aliphatic hydroxyl groups is 1. The predicted molar refractivity (Wildman–Crippen MR) is 54.3 cm³/mol. The highest BCUT2D eigenvalue weighted by Gasteiger charge is 2.75. The van der Waals surface area contributed by atoms with Crippen molar-refractivity contribution in [2.45, 2.75) is 43.7 Å². The molecule has 86 valence electrons. The summed E-state index contributed by atoms with van der Waals surface area (Å²) in [5, 5.41) is 13.2. The van der Waals surface area contributed by atoms with Crippen LogP contribution in [0.15, 0.2) is 0 Å². The number of hydrogen-bond acceptors (Lipinski definition) is 4. The van der Waals surface area contributed by atoms with E-state index in [1.165, 1.54) is 0 Å². The van der Waals surface area contributed by atoms with E-state index in [0.29, 0.717) is 23.6 Å². The van der Waals surface area contributed by atoms with Gasteiger partial charge in [-0.1, -0.05) is 0 Å². The standard InChI is InChI=1S/C11H19NO3/c1-3-15-8-5-11-7(8)4-6(9(11)12-11)10(13)14-2/h6-10,12-13H,3-5H2,1-2H3. The van der Waals surface area contributed by atoms with Crippen molar-refractivity contribution in [3.63, 3.8) is 0 Å². The van der Waals surface area contributed by atoms with E-state index in [-0.39, 0.29) is 5.92 Å². The molecule has 2 N–H and O–H groups in total. The molecule has 0 aromatic rings. The summed E-state index contributed by atoms with van der Waals surface area (Å²) in [6, 6.07) is 0.467. The molecule has 3 aliphatic rings. The van der Waals surface area contributed by atoms with Gasteiger partial charge in [0.25, 0.3) is 0 Å². The molecule has 1 saturated heterocycles. The Morgan fingerprint density at radius 3 is 3.07 bits per heavy atom. The molecule has 15 heavy (non-hydrogen) atoms. The molecule has 6 unspecified atom stereocenters. The number of hydrogen-bond donors (Lipinski definition) is 2. The van der Waals surface area contributed by atoms with Crippen molar-refractivity contribution in [2.24, 2.45) is 11.8 Å². The molecule has 1 aliphatic heterocycles. The lowest BCUT2D eigenvalue weighted by Gasteiger charge is -2.42. The maximum atomic E-state index is 9.73. The number of nitrogens with one attached hydrogen (secondary N) is 1. The van der Waals surface area contributed by atoms with Crippen molar-refractivity contribution >= 4 is 0 Å². The van der Waals surface area contributed by atoms with Crippen LogP contribution in [0.4, 0.5) is 0 Å². The van der Waals surface area contributed by atoms with E-state index in [4.69, 9.17) is 9.47 Å². The summed E-state index contributed by atoms with van der Waals surface area (Å²) < 4.78 is 10.7. The first-order valence-corrected chi connectivity index (χ1v) is 5.83. The normalized spacial score (nSPS) is 53.0. The molecule has 4 heteroatoms. The largest absolute Gasteiger partial charge is 0.378 e. The van der Waals surface area contributed by atoms with Crippen molar-refractivity contribution in [1.82, 2.24) is 5.32 Å². The molecule has 0 aromatic heterocycles. The molecular weight excluding hydrogens is 194 g/mol. The van der Waals surface area contributed by atoms with Gasteiger partial charge in [0.1, 0.15) is 0 Å². The van der Waals surface area contributed by atoms with Gasteiger partial charge in [-0.15, -0.1) is 0 Å². The van der Waals surface area contributed by atoms with E-state index in [2.05, 4.69) is 5.32 Å². The Labute approximate surface area is 89.9 Å². The highest BCUT2D eigenvalue weighted by atomic mass is 16.6. The Kier molecular flexibility index (Phi) is 2.12. The number of methoxy groups -OCH3 is 1. The van der Waals surface area contributed by atoms with Crippen LogP contribution >= 0.6 is 0 Å². The second-order valence-electron chi connectivity index (χ2n) is 4.99. The number of rotatable bonds is 4. The Morgan fingerprint density at radius 1 is 1.60 bits per heavy atom. The second kappa shape index (κ2) is 3.17.